The molecule has 2 rings (SSSR count). The van der Waals surface area contributed by atoms with E-state index in [0.717, 1.165) is 24.4 Å². The van der Waals surface area contributed by atoms with Crippen molar-refractivity contribution in [2.75, 3.05) is 0 Å². The molecule has 0 spiro atoms. The molecule has 1 fully saturated rings. The molecule has 1 atom stereocenters. The number of nitrogens with two attached hydrogens (primary N) is 1. The predicted molar refractivity (Wildman–Crippen MR) is 66.7 cm³/mol. The van der Waals surface area contributed by atoms with Gasteiger partial charge in [-0.2, -0.15) is 0 Å². The molecule has 17 heavy (non-hydrogen) atoms. The Hall–Kier alpha value is -1.42. The molecule has 4 nitrogen and oxygen atoms in total. The quantitative estimate of drug-likeness (QED) is 0.777. The Balaban J connectivity index is 1.79. The summed E-state index contributed by atoms with van der Waals surface area (Å²) in [6.45, 7) is 2.21. The number of nitrogens with zero attached hydrogens (tertiary/aromatic N) is 1. The summed E-state index contributed by atoms with van der Waals surface area (Å²) in [7, 11) is 0. The third kappa shape index (κ3) is 3.82. The molecule has 0 saturated heterocycles. The van der Waals surface area contributed by atoms with Crippen LogP contribution in [0.1, 0.15) is 42.2 Å². The lowest BCUT2D eigenvalue weighted by atomic mass is 10.1. The number of hydrogen-bond acceptors (Lipinski definition) is 3. The van der Waals surface area contributed by atoms with E-state index < -0.39 is 5.91 Å². The number of aryl methyl sites for hydroxylation is 1. The van der Waals surface area contributed by atoms with Crippen LogP contribution < -0.4 is 11.1 Å². The van der Waals surface area contributed by atoms with Crippen LogP contribution in [0.5, 0.6) is 0 Å². The Morgan fingerprint density at radius 2 is 2.35 bits per heavy atom. The lowest BCUT2D eigenvalue weighted by Crippen LogP contribution is -2.28. The molecule has 4 heteroatoms. The van der Waals surface area contributed by atoms with Crippen LogP contribution in [-0.4, -0.2) is 23.0 Å². The molecule has 1 aliphatic rings. The Bertz CT molecular complexity index is 384. The number of nitrogens with one attached hydrogen (secondary N) is 1. The first-order chi connectivity index (χ1) is 8.15. The summed E-state index contributed by atoms with van der Waals surface area (Å²) in [5.41, 5.74) is 6.62. The van der Waals surface area contributed by atoms with Crippen LogP contribution in [0.4, 0.5) is 0 Å². The van der Waals surface area contributed by atoms with E-state index in [4.69, 9.17) is 5.73 Å². The minimum Gasteiger partial charge on any atom is -0.364 e. The number of carbonyl (C=O) groups is 1. The van der Waals surface area contributed by atoms with Gasteiger partial charge in [-0.25, -0.2) is 0 Å². The molecular formula is C13H19N3O. The molecule has 3 N–H and O–H groups in total. The summed E-state index contributed by atoms with van der Waals surface area (Å²) in [4.78, 5) is 14.9. The van der Waals surface area contributed by atoms with E-state index in [2.05, 4.69) is 17.2 Å². The van der Waals surface area contributed by atoms with Crippen molar-refractivity contribution in [3.05, 3.63) is 29.6 Å². The SMILES string of the molecule is CC(CCc1ccc(C(N)=O)nc1)NC1CC1. The van der Waals surface area contributed by atoms with Crippen molar-refractivity contribution in [3.8, 4) is 0 Å². The van der Waals surface area contributed by atoms with E-state index in [-0.39, 0.29) is 0 Å². The van der Waals surface area contributed by atoms with E-state index in [1.807, 2.05) is 6.07 Å². The van der Waals surface area contributed by atoms with Gasteiger partial charge in [0.2, 0.25) is 0 Å². The van der Waals surface area contributed by atoms with Gasteiger partial charge in [0, 0.05) is 18.3 Å². The van der Waals surface area contributed by atoms with Crippen molar-refractivity contribution < 1.29 is 4.79 Å². The van der Waals surface area contributed by atoms with Crippen LogP contribution in [0.15, 0.2) is 18.3 Å². The highest BCUT2D eigenvalue weighted by atomic mass is 16.1. The van der Waals surface area contributed by atoms with Gasteiger partial charge in [-0.3, -0.25) is 9.78 Å². The fourth-order valence-corrected chi connectivity index (χ4v) is 1.84. The third-order valence-electron chi connectivity index (χ3n) is 3.04. The van der Waals surface area contributed by atoms with E-state index in [0.29, 0.717) is 11.7 Å². The third-order valence-corrected chi connectivity index (χ3v) is 3.04. The summed E-state index contributed by atoms with van der Waals surface area (Å²) in [5.74, 6) is -0.472. The molecule has 0 radical (unpaired) electrons. The first-order valence-electron chi connectivity index (χ1n) is 6.16. The van der Waals surface area contributed by atoms with E-state index in [1.54, 1.807) is 12.3 Å². The Labute approximate surface area is 102 Å². The summed E-state index contributed by atoms with van der Waals surface area (Å²) >= 11 is 0. The normalized spacial score (nSPS) is 16.8. The lowest BCUT2D eigenvalue weighted by molar-refractivity contribution is 0.0995. The molecule has 0 aliphatic heterocycles. The fourth-order valence-electron chi connectivity index (χ4n) is 1.84. The minimum atomic E-state index is -0.472. The second-order valence-corrected chi connectivity index (χ2v) is 4.80. The van der Waals surface area contributed by atoms with Gasteiger partial charge < -0.3 is 11.1 Å². The van der Waals surface area contributed by atoms with Gasteiger partial charge in [-0.15, -0.1) is 0 Å². The molecule has 1 aliphatic carbocycles. The maximum absolute atomic E-state index is 10.9. The monoisotopic (exact) mass is 233 g/mol. The van der Waals surface area contributed by atoms with Gasteiger partial charge in [0.05, 0.1) is 0 Å². The first-order valence-corrected chi connectivity index (χ1v) is 6.16. The summed E-state index contributed by atoms with van der Waals surface area (Å²) < 4.78 is 0. The second-order valence-electron chi connectivity index (χ2n) is 4.80. The fraction of sp³-hybridized carbons (Fsp3) is 0.538. The maximum Gasteiger partial charge on any atom is 0.267 e. The maximum atomic E-state index is 10.9. The highest BCUT2D eigenvalue weighted by molar-refractivity contribution is 5.90. The molecule has 1 unspecified atom stereocenters. The van der Waals surface area contributed by atoms with Crippen molar-refractivity contribution in [2.45, 2.75) is 44.7 Å². The molecule has 1 saturated carbocycles. The van der Waals surface area contributed by atoms with Gasteiger partial charge in [-0.05, 0) is 44.2 Å². The van der Waals surface area contributed by atoms with Gasteiger partial charge >= 0.3 is 0 Å². The van der Waals surface area contributed by atoms with Crippen LogP contribution in [-0.2, 0) is 6.42 Å². The highest BCUT2D eigenvalue weighted by Crippen LogP contribution is 2.20. The van der Waals surface area contributed by atoms with Crippen molar-refractivity contribution in [3.63, 3.8) is 0 Å². The van der Waals surface area contributed by atoms with Crippen LogP contribution in [0.2, 0.25) is 0 Å². The van der Waals surface area contributed by atoms with Crippen molar-refractivity contribution in [2.24, 2.45) is 5.73 Å². The zero-order valence-electron chi connectivity index (χ0n) is 10.1. The number of primary amides is 1. The zero-order valence-corrected chi connectivity index (χ0v) is 10.1. The summed E-state index contributed by atoms with van der Waals surface area (Å²) in [5, 5.41) is 3.56. The molecule has 0 bridgehead atoms. The number of carbonyl (C=O) groups excluding carboxylic acids is 1. The van der Waals surface area contributed by atoms with Crippen LogP contribution in [0, 0.1) is 0 Å². The van der Waals surface area contributed by atoms with Gasteiger partial charge in [0.1, 0.15) is 5.69 Å². The smallest absolute Gasteiger partial charge is 0.267 e. The molecule has 1 aromatic rings. The van der Waals surface area contributed by atoms with Crippen LogP contribution in [0.25, 0.3) is 0 Å². The molecule has 1 aromatic heterocycles. The number of rotatable bonds is 6. The molecule has 1 heterocycles. The topological polar surface area (TPSA) is 68.0 Å². The summed E-state index contributed by atoms with van der Waals surface area (Å²) in [6.07, 6.45) is 6.45. The zero-order chi connectivity index (χ0) is 12.3. The van der Waals surface area contributed by atoms with E-state index in [1.165, 1.54) is 12.8 Å². The summed E-state index contributed by atoms with van der Waals surface area (Å²) in [6, 6.07) is 4.91. The molecule has 1 amide bonds. The average Bonchev–Trinajstić information content (AvgIpc) is 3.11. The molecular weight excluding hydrogens is 214 g/mol. The average molecular weight is 233 g/mol. The predicted octanol–water partition coefficient (Wildman–Crippen LogP) is 1.25. The standard InChI is InChI=1S/C13H19N3O/c1-9(16-11-5-6-11)2-3-10-4-7-12(13(14)17)15-8-10/h4,7-9,11,16H,2-3,5-6H2,1H3,(H2,14,17). The van der Waals surface area contributed by atoms with Crippen LogP contribution >= 0.6 is 0 Å². The van der Waals surface area contributed by atoms with E-state index in [9.17, 15) is 4.79 Å². The Morgan fingerprint density at radius 1 is 1.59 bits per heavy atom. The highest BCUT2D eigenvalue weighted by Gasteiger charge is 2.22. The second kappa shape index (κ2) is 5.27. The van der Waals surface area contributed by atoms with Gasteiger partial charge in [0.25, 0.3) is 5.91 Å². The lowest BCUT2D eigenvalue weighted by Gasteiger charge is -2.12. The number of amides is 1. The van der Waals surface area contributed by atoms with Crippen molar-refractivity contribution in [1.29, 1.82) is 0 Å². The van der Waals surface area contributed by atoms with Crippen molar-refractivity contribution >= 4 is 5.91 Å². The number of hydrogen-bond donors (Lipinski definition) is 2. The van der Waals surface area contributed by atoms with Gasteiger partial charge in [0.15, 0.2) is 0 Å². The minimum absolute atomic E-state index is 0.331. The van der Waals surface area contributed by atoms with E-state index >= 15 is 0 Å². The first kappa shape index (κ1) is 12.0. The molecule has 0 aromatic carbocycles. The van der Waals surface area contributed by atoms with Crippen molar-refractivity contribution in [1.82, 2.24) is 10.3 Å². The largest absolute Gasteiger partial charge is 0.364 e. The number of pyridine rings is 1. The Morgan fingerprint density at radius 3 is 2.88 bits per heavy atom. The van der Waals surface area contributed by atoms with Gasteiger partial charge in [-0.1, -0.05) is 6.07 Å². The Kier molecular flexibility index (Phi) is 3.74. The number of aromatic nitrogens is 1. The van der Waals surface area contributed by atoms with Crippen LogP contribution in [0.3, 0.4) is 0 Å². The molecule has 92 valence electrons.